The maximum absolute atomic E-state index is 13.9. The summed E-state index contributed by atoms with van der Waals surface area (Å²) in [7, 11) is -4.34. The largest absolute Gasteiger partial charge is 0.480 e. The number of sulfonamides is 1. The van der Waals surface area contributed by atoms with Crippen LogP contribution in [0.15, 0.2) is 35.5 Å². The van der Waals surface area contributed by atoms with E-state index in [-0.39, 0.29) is 10.9 Å². The van der Waals surface area contributed by atoms with E-state index >= 15 is 0 Å². The normalized spacial score (nSPS) is 18.8. The molecular formula is C15H15F2N3O5S. The van der Waals surface area contributed by atoms with Gasteiger partial charge in [-0.25, -0.2) is 17.2 Å². The van der Waals surface area contributed by atoms with Gasteiger partial charge in [-0.2, -0.15) is 9.82 Å². The third kappa shape index (κ3) is 3.74. The monoisotopic (exact) mass is 387 g/mol. The summed E-state index contributed by atoms with van der Waals surface area (Å²) in [5, 5.41) is 13.2. The lowest BCUT2D eigenvalue weighted by Crippen LogP contribution is -2.34. The van der Waals surface area contributed by atoms with Gasteiger partial charge >= 0.3 is 5.97 Å². The van der Waals surface area contributed by atoms with E-state index in [1.807, 2.05) is 4.72 Å². The Morgan fingerprint density at radius 2 is 2.19 bits per heavy atom. The zero-order valence-corrected chi connectivity index (χ0v) is 14.1. The molecule has 1 fully saturated rings. The molecule has 2 atom stereocenters. The number of nitrogens with one attached hydrogen (secondary N) is 1. The minimum atomic E-state index is -4.34. The van der Waals surface area contributed by atoms with E-state index in [1.54, 1.807) is 0 Å². The second-order valence-electron chi connectivity index (χ2n) is 5.73. The molecule has 3 rings (SSSR count). The molecule has 1 aliphatic rings. The Bertz CT molecular complexity index is 925. The van der Waals surface area contributed by atoms with Crippen LogP contribution < -0.4 is 4.72 Å². The lowest BCUT2D eigenvalue weighted by molar-refractivity contribution is -0.139. The Morgan fingerprint density at radius 1 is 1.42 bits per heavy atom. The summed E-state index contributed by atoms with van der Waals surface area (Å²) in [6.07, 6.45) is 2.96. The molecule has 0 radical (unpaired) electrons. The summed E-state index contributed by atoms with van der Waals surface area (Å²) < 4.78 is 60.7. The molecule has 0 spiro atoms. The minimum absolute atomic E-state index is 0.116. The predicted octanol–water partition coefficient (Wildman–Crippen LogP) is 1.23. The smallest absolute Gasteiger partial charge is 0.326 e. The predicted molar refractivity (Wildman–Crippen MR) is 83.8 cm³/mol. The number of carbonyl (C=O) groups is 1. The first kappa shape index (κ1) is 18.4. The summed E-state index contributed by atoms with van der Waals surface area (Å²) in [5.74, 6) is -3.60. The summed E-state index contributed by atoms with van der Waals surface area (Å²) in [6, 6.07) is 0.0619. The van der Waals surface area contributed by atoms with Crippen LogP contribution in [0.4, 0.5) is 8.78 Å². The molecule has 2 aromatic rings. The Kier molecular flexibility index (Phi) is 5.03. The molecule has 1 aliphatic heterocycles. The van der Waals surface area contributed by atoms with Crippen molar-refractivity contribution in [2.75, 3.05) is 13.2 Å². The first-order chi connectivity index (χ1) is 12.3. The van der Waals surface area contributed by atoms with Crippen LogP contribution in [0.2, 0.25) is 0 Å². The van der Waals surface area contributed by atoms with Gasteiger partial charge in [0.2, 0.25) is 10.0 Å². The quantitative estimate of drug-likeness (QED) is 0.771. The SMILES string of the molecule is O=C(O)C(NS(=O)(=O)c1cnn(C2CCOC2)c1)c1cc(F)ccc1F. The van der Waals surface area contributed by atoms with Crippen LogP contribution in [0.5, 0.6) is 0 Å². The van der Waals surface area contributed by atoms with E-state index in [1.165, 1.54) is 10.9 Å². The molecule has 1 saturated heterocycles. The molecule has 0 aliphatic carbocycles. The number of hydrogen-bond acceptors (Lipinski definition) is 5. The second kappa shape index (κ2) is 7.09. The molecule has 0 amide bonds. The van der Waals surface area contributed by atoms with Crippen LogP contribution in [0.3, 0.4) is 0 Å². The van der Waals surface area contributed by atoms with Crippen molar-refractivity contribution in [3.63, 3.8) is 0 Å². The topological polar surface area (TPSA) is 111 Å². The van der Waals surface area contributed by atoms with Crippen LogP contribution in [-0.4, -0.2) is 42.5 Å². The van der Waals surface area contributed by atoms with Crippen molar-refractivity contribution in [1.82, 2.24) is 14.5 Å². The van der Waals surface area contributed by atoms with Gasteiger partial charge in [-0.15, -0.1) is 0 Å². The first-order valence-electron chi connectivity index (χ1n) is 7.60. The number of carboxylic acid groups (broad SMARTS) is 1. The molecule has 140 valence electrons. The summed E-state index contributed by atoms with van der Waals surface area (Å²) in [6.45, 7) is 0.922. The highest BCUT2D eigenvalue weighted by atomic mass is 32.2. The minimum Gasteiger partial charge on any atom is -0.480 e. The number of hydrogen-bond donors (Lipinski definition) is 2. The first-order valence-corrected chi connectivity index (χ1v) is 9.08. The standard InChI is InChI=1S/C15H15F2N3O5S/c16-9-1-2-13(17)12(5-9)14(15(21)22)19-26(23,24)11-6-18-20(7-11)10-3-4-25-8-10/h1-2,5-7,10,14,19H,3-4,8H2,(H,21,22). The summed E-state index contributed by atoms with van der Waals surface area (Å²) in [5.41, 5.74) is -0.627. The van der Waals surface area contributed by atoms with Crippen molar-refractivity contribution in [2.45, 2.75) is 23.4 Å². The van der Waals surface area contributed by atoms with Crippen molar-refractivity contribution >= 4 is 16.0 Å². The average Bonchev–Trinajstić information content (AvgIpc) is 3.26. The molecule has 0 bridgehead atoms. The average molecular weight is 387 g/mol. The van der Waals surface area contributed by atoms with Crippen molar-refractivity contribution in [3.8, 4) is 0 Å². The Hall–Kier alpha value is -2.37. The lowest BCUT2D eigenvalue weighted by atomic mass is 10.1. The van der Waals surface area contributed by atoms with Gasteiger partial charge in [0, 0.05) is 18.4 Å². The van der Waals surface area contributed by atoms with Gasteiger partial charge < -0.3 is 9.84 Å². The fraction of sp³-hybridized carbons (Fsp3) is 0.333. The maximum Gasteiger partial charge on any atom is 0.326 e. The Balaban J connectivity index is 1.88. The highest BCUT2D eigenvalue weighted by Crippen LogP contribution is 2.23. The van der Waals surface area contributed by atoms with Gasteiger partial charge in [-0.05, 0) is 24.6 Å². The molecule has 26 heavy (non-hydrogen) atoms. The zero-order chi connectivity index (χ0) is 18.9. The van der Waals surface area contributed by atoms with E-state index in [2.05, 4.69) is 5.10 Å². The van der Waals surface area contributed by atoms with Crippen LogP contribution in [-0.2, 0) is 19.6 Å². The van der Waals surface area contributed by atoms with Gasteiger partial charge in [0.05, 0.1) is 18.8 Å². The van der Waals surface area contributed by atoms with Gasteiger partial charge in [0.25, 0.3) is 0 Å². The highest BCUT2D eigenvalue weighted by Gasteiger charge is 2.31. The highest BCUT2D eigenvalue weighted by molar-refractivity contribution is 7.89. The van der Waals surface area contributed by atoms with Crippen LogP contribution in [0, 0.1) is 11.6 Å². The van der Waals surface area contributed by atoms with Crippen molar-refractivity contribution < 1.29 is 31.8 Å². The summed E-state index contributed by atoms with van der Waals surface area (Å²) >= 11 is 0. The van der Waals surface area contributed by atoms with Crippen molar-refractivity contribution in [1.29, 1.82) is 0 Å². The van der Waals surface area contributed by atoms with E-state index in [9.17, 15) is 27.1 Å². The molecular weight excluding hydrogens is 372 g/mol. The van der Waals surface area contributed by atoms with Gasteiger partial charge in [-0.3, -0.25) is 9.48 Å². The van der Waals surface area contributed by atoms with Crippen LogP contribution >= 0.6 is 0 Å². The molecule has 2 heterocycles. The number of rotatable bonds is 6. The number of aliphatic carboxylic acids is 1. The van der Waals surface area contributed by atoms with Gasteiger partial charge in [-0.1, -0.05) is 0 Å². The number of ether oxygens (including phenoxy) is 1. The molecule has 0 saturated carbocycles. The van der Waals surface area contributed by atoms with Crippen LogP contribution in [0.1, 0.15) is 24.1 Å². The fourth-order valence-electron chi connectivity index (χ4n) is 2.60. The molecule has 1 aromatic heterocycles. The molecule has 1 aromatic carbocycles. The number of aromatic nitrogens is 2. The van der Waals surface area contributed by atoms with E-state index in [0.29, 0.717) is 25.7 Å². The van der Waals surface area contributed by atoms with Crippen LogP contribution in [0.25, 0.3) is 0 Å². The third-order valence-electron chi connectivity index (χ3n) is 3.96. The van der Waals surface area contributed by atoms with Gasteiger partial charge in [0.15, 0.2) is 0 Å². The summed E-state index contributed by atoms with van der Waals surface area (Å²) in [4.78, 5) is 11.1. The van der Waals surface area contributed by atoms with Crippen molar-refractivity contribution in [2.24, 2.45) is 0 Å². The number of benzene rings is 1. The number of halogens is 2. The zero-order valence-electron chi connectivity index (χ0n) is 13.3. The molecule has 8 nitrogen and oxygen atoms in total. The lowest BCUT2D eigenvalue weighted by Gasteiger charge is -2.15. The van der Waals surface area contributed by atoms with Gasteiger partial charge in [0.1, 0.15) is 22.6 Å². The van der Waals surface area contributed by atoms with E-state index in [4.69, 9.17) is 4.74 Å². The molecule has 2 N–H and O–H groups in total. The van der Waals surface area contributed by atoms with Crippen molar-refractivity contribution in [3.05, 3.63) is 47.8 Å². The molecule has 11 heteroatoms. The third-order valence-corrected chi connectivity index (χ3v) is 5.33. The number of nitrogens with zero attached hydrogens (tertiary/aromatic N) is 2. The maximum atomic E-state index is 13.9. The fourth-order valence-corrected chi connectivity index (χ4v) is 3.70. The Morgan fingerprint density at radius 3 is 2.85 bits per heavy atom. The van der Waals surface area contributed by atoms with E-state index in [0.717, 1.165) is 18.3 Å². The Labute approximate surface area is 147 Å². The van der Waals surface area contributed by atoms with E-state index < -0.39 is 39.2 Å². The number of carboxylic acids is 1. The second-order valence-corrected chi connectivity index (χ2v) is 7.45. The molecule has 2 unspecified atom stereocenters.